The van der Waals surface area contributed by atoms with Gasteiger partial charge >= 0.3 is 5.97 Å². The summed E-state index contributed by atoms with van der Waals surface area (Å²) in [4.78, 5) is 13.3. The highest BCUT2D eigenvalue weighted by molar-refractivity contribution is 5.70. The summed E-state index contributed by atoms with van der Waals surface area (Å²) in [5.74, 6) is -0.813. The van der Waals surface area contributed by atoms with E-state index in [1.165, 1.54) is 5.56 Å². The highest BCUT2D eigenvalue weighted by Crippen LogP contribution is 2.22. The van der Waals surface area contributed by atoms with Crippen LogP contribution < -0.4 is 0 Å². The molecule has 1 fully saturated rings. The number of piperidine rings is 1. The van der Waals surface area contributed by atoms with Gasteiger partial charge < -0.3 is 5.11 Å². The summed E-state index contributed by atoms with van der Waals surface area (Å²) in [5.41, 5.74) is 1.17. The van der Waals surface area contributed by atoms with E-state index in [1.807, 2.05) is 24.0 Å². The van der Waals surface area contributed by atoms with Gasteiger partial charge in [-0.1, -0.05) is 0 Å². The summed E-state index contributed by atoms with van der Waals surface area (Å²) >= 11 is 0. The smallest absolute Gasteiger partial charge is 0.306 e. The lowest BCUT2D eigenvalue weighted by molar-refractivity contribution is -0.144. The molecule has 1 aliphatic heterocycles. The predicted molar refractivity (Wildman–Crippen MR) is 68.4 cm³/mol. The highest BCUT2D eigenvalue weighted by Gasteiger charge is 2.29. The molecule has 1 saturated heterocycles. The zero-order chi connectivity index (χ0) is 13.1. The molecule has 0 amide bonds. The van der Waals surface area contributed by atoms with Crippen molar-refractivity contribution < 1.29 is 9.90 Å². The Kier molecular flexibility index (Phi) is 4.01. The van der Waals surface area contributed by atoms with Gasteiger partial charge in [-0.3, -0.25) is 14.4 Å². The quantitative estimate of drug-likeness (QED) is 0.878. The van der Waals surface area contributed by atoms with Crippen LogP contribution in [-0.4, -0.2) is 44.9 Å². The summed E-state index contributed by atoms with van der Waals surface area (Å²) < 4.78 is 1.95. The number of aryl methyl sites for hydroxylation is 1. The van der Waals surface area contributed by atoms with Gasteiger partial charge in [0.2, 0.25) is 0 Å². The fraction of sp³-hybridized carbons (Fsp3) is 0.692. The van der Waals surface area contributed by atoms with Gasteiger partial charge in [-0.05, 0) is 38.8 Å². The maximum atomic E-state index is 11.0. The molecule has 1 aromatic rings. The number of hydrogen-bond acceptors (Lipinski definition) is 3. The zero-order valence-electron chi connectivity index (χ0n) is 11.0. The fourth-order valence-electron chi connectivity index (χ4n) is 2.60. The van der Waals surface area contributed by atoms with Crippen molar-refractivity contribution in [3.8, 4) is 0 Å². The van der Waals surface area contributed by atoms with Gasteiger partial charge in [0.1, 0.15) is 0 Å². The van der Waals surface area contributed by atoms with E-state index in [0.29, 0.717) is 6.04 Å². The maximum Gasteiger partial charge on any atom is 0.306 e. The molecule has 2 unspecified atom stereocenters. The third-order valence-corrected chi connectivity index (χ3v) is 3.74. The van der Waals surface area contributed by atoms with Crippen molar-refractivity contribution in [2.45, 2.75) is 39.3 Å². The molecule has 100 valence electrons. The minimum atomic E-state index is -0.649. The van der Waals surface area contributed by atoms with Gasteiger partial charge in [0.05, 0.1) is 18.7 Å². The van der Waals surface area contributed by atoms with Crippen LogP contribution in [0.1, 0.15) is 25.3 Å². The normalized spacial score (nSPS) is 25.2. The van der Waals surface area contributed by atoms with E-state index in [9.17, 15) is 4.79 Å². The molecule has 2 atom stereocenters. The van der Waals surface area contributed by atoms with Crippen LogP contribution in [0, 0.1) is 12.8 Å². The molecule has 1 N–H and O–H groups in total. The number of likely N-dealkylation sites (tertiary alicyclic amines) is 1. The molecule has 0 spiro atoms. The topological polar surface area (TPSA) is 58.4 Å². The molecule has 0 bridgehead atoms. The van der Waals surface area contributed by atoms with Crippen molar-refractivity contribution in [3.63, 3.8) is 0 Å². The number of hydrogen-bond donors (Lipinski definition) is 1. The molecular weight excluding hydrogens is 230 g/mol. The van der Waals surface area contributed by atoms with Gasteiger partial charge in [0, 0.05) is 18.8 Å². The summed E-state index contributed by atoms with van der Waals surface area (Å²) in [5, 5.41) is 13.3. The number of nitrogens with zero attached hydrogens (tertiary/aromatic N) is 3. The van der Waals surface area contributed by atoms with Crippen molar-refractivity contribution in [3.05, 3.63) is 18.0 Å². The summed E-state index contributed by atoms with van der Waals surface area (Å²) in [6, 6.07) is 0.344. The van der Waals surface area contributed by atoms with Crippen molar-refractivity contribution in [1.29, 1.82) is 0 Å². The average molecular weight is 251 g/mol. The molecular formula is C13H21N3O2. The molecule has 0 radical (unpaired) electrons. The zero-order valence-corrected chi connectivity index (χ0v) is 11.0. The second kappa shape index (κ2) is 5.52. The SMILES string of the molecule is Cc1cnn(CCN2CCC(C(=O)O)CC2C)c1. The average Bonchev–Trinajstić information content (AvgIpc) is 2.73. The van der Waals surface area contributed by atoms with E-state index in [-0.39, 0.29) is 5.92 Å². The van der Waals surface area contributed by atoms with Crippen LogP contribution in [0.2, 0.25) is 0 Å². The first-order chi connectivity index (χ1) is 8.56. The van der Waals surface area contributed by atoms with Crippen LogP contribution in [0.5, 0.6) is 0 Å². The lowest BCUT2D eigenvalue weighted by Crippen LogP contribution is -2.44. The van der Waals surface area contributed by atoms with Gasteiger partial charge in [0.15, 0.2) is 0 Å². The van der Waals surface area contributed by atoms with E-state index in [1.54, 1.807) is 0 Å². The van der Waals surface area contributed by atoms with E-state index >= 15 is 0 Å². The Labute approximate surface area is 107 Å². The Hall–Kier alpha value is -1.36. The van der Waals surface area contributed by atoms with Crippen LogP contribution in [0.25, 0.3) is 0 Å². The Bertz CT molecular complexity index is 416. The molecule has 1 aromatic heterocycles. The minimum absolute atomic E-state index is 0.164. The van der Waals surface area contributed by atoms with Crippen molar-refractivity contribution in [2.75, 3.05) is 13.1 Å². The van der Waals surface area contributed by atoms with Crippen LogP contribution in [0.4, 0.5) is 0 Å². The van der Waals surface area contributed by atoms with Gasteiger partial charge in [-0.25, -0.2) is 0 Å². The Morgan fingerprint density at radius 2 is 2.33 bits per heavy atom. The van der Waals surface area contributed by atoms with Gasteiger partial charge in [-0.2, -0.15) is 5.10 Å². The second-order valence-electron chi connectivity index (χ2n) is 5.23. The highest BCUT2D eigenvalue weighted by atomic mass is 16.4. The second-order valence-corrected chi connectivity index (χ2v) is 5.23. The summed E-state index contributed by atoms with van der Waals surface area (Å²) in [6.45, 7) is 6.83. The number of aliphatic carboxylic acids is 1. The molecule has 0 aromatic carbocycles. The number of carboxylic acids is 1. The van der Waals surface area contributed by atoms with Crippen LogP contribution in [-0.2, 0) is 11.3 Å². The number of carbonyl (C=O) groups is 1. The van der Waals surface area contributed by atoms with Crippen molar-refractivity contribution in [2.24, 2.45) is 5.92 Å². The fourth-order valence-corrected chi connectivity index (χ4v) is 2.60. The van der Waals surface area contributed by atoms with Crippen LogP contribution >= 0.6 is 0 Å². The van der Waals surface area contributed by atoms with Crippen molar-refractivity contribution in [1.82, 2.24) is 14.7 Å². The lowest BCUT2D eigenvalue weighted by atomic mass is 9.92. The van der Waals surface area contributed by atoms with Crippen LogP contribution in [0.15, 0.2) is 12.4 Å². The Morgan fingerprint density at radius 3 is 2.89 bits per heavy atom. The van der Waals surface area contributed by atoms with Gasteiger partial charge in [0.25, 0.3) is 0 Å². The van der Waals surface area contributed by atoms with E-state index in [4.69, 9.17) is 5.11 Å². The number of carboxylic acid groups (broad SMARTS) is 1. The monoisotopic (exact) mass is 251 g/mol. The Morgan fingerprint density at radius 1 is 1.56 bits per heavy atom. The third-order valence-electron chi connectivity index (χ3n) is 3.74. The molecule has 5 heteroatoms. The largest absolute Gasteiger partial charge is 0.481 e. The van der Waals surface area contributed by atoms with Gasteiger partial charge in [-0.15, -0.1) is 0 Å². The maximum absolute atomic E-state index is 11.0. The first-order valence-electron chi connectivity index (χ1n) is 6.52. The van der Waals surface area contributed by atoms with Crippen LogP contribution in [0.3, 0.4) is 0 Å². The molecule has 2 rings (SSSR count). The Balaban J connectivity index is 1.82. The summed E-state index contributed by atoms with van der Waals surface area (Å²) in [6.07, 6.45) is 5.42. The molecule has 18 heavy (non-hydrogen) atoms. The molecule has 2 heterocycles. The summed E-state index contributed by atoms with van der Waals surface area (Å²) in [7, 11) is 0. The molecule has 0 aliphatic carbocycles. The molecule has 5 nitrogen and oxygen atoms in total. The van der Waals surface area contributed by atoms with E-state index in [0.717, 1.165) is 32.5 Å². The number of rotatable bonds is 4. The first kappa shape index (κ1) is 13.1. The van der Waals surface area contributed by atoms with Crippen molar-refractivity contribution >= 4 is 5.97 Å². The number of aromatic nitrogens is 2. The minimum Gasteiger partial charge on any atom is -0.481 e. The predicted octanol–water partition coefficient (Wildman–Crippen LogP) is 1.38. The molecule has 1 aliphatic rings. The standard InChI is InChI=1S/C13H21N3O2/c1-10-8-14-16(9-10)6-5-15-4-3-12(13(17)18)7-11(15)2/h8-9,11-12H,3-7H2,1-2H3,(H,17,18). The first-order valence-corrected chi connectivity index (χ1v) is 6.52. The third kappa shape index (κ3) is 3.10. The van der Waals surface area contributed by atoms with E-state index in [2.05, 4.69) is 16.9 Å². The molecule has 0 saturated carbocycles. The van der Waals surface area contributed by atoms with E-state index < -0.39 is 5.97 Å². The lowest BCUT2D eigenvalue weighted by Gasteiger charge is -2.36.